The molecule has 1 atom stereocenters. The first kappa shape index (κ1) is 26.2. The lowest BCUT2D eigenvalue weighted by Gasteiger charge is -2.39. The highest BCUT2D eigenvalue weighted by molar-refractivity contribution is 6.08. The average Bonchev–Trinajstić information content (AvgIpc) is 3.30. The van der Waals surface area contributed by atoms with E-state index in [4.69, 9.17) is 0 Å². The minimum Gasteiger partial charge on any atom is -0.388 e. The van der Waals surface area contributed by atoms with E-state index in [1.807, 2.05) is 30.3 Å². The van der Waals surface area contributed by atoms with Crippen LogP contribution in [0.3, 0.4) is 0 Å². The maximum atomic E-state index is 13.3. The largest absolute Gasteiger partial charge is 0.388 e. The van der Waals surface area contributed by atoms with Crippen molar-refractivity contribution in [2.24, 2.45) is 0 Å². The van der Waals surface area contributed by atoms with Gasteiger partial charge in [0.15, 0.2) is 0 Å². The molecule has 6 heteroatoms. The number of likely N-dealkylation sites (tertiary alicyclic amines) is 1. The molecule has 2 heterocycles. The third-order valence-electron chi connectivity index (χ3n) is 8.27. The zero-order valence-electron chi connectivity index (χ0n) is 22.5. The predicted octanol–water partition coefficient (Wildman–Crippen LogP) is 6.32. The van der Waals surface area contributed by atoms with Crippen molar-refractivity contribution in [2.45, 2.75) is 37.5 Å². The van der Waals surface area contributed by atoms with Gasteiger partial charge in [0.2, 0.25) is 0 Å². The molecule has 1 amide bonds. The van der Waals surface area contributed by atoms with Crippen LogP contribution in [0.4, 0.5) is 4.39 Å². The number of piperidine rings is 1. The molecular formula is C34H34FN3O2. The molecule has 204 valence electrons. The molecule has 1 unspecified atom stereocenters. The molecule has 1 aliphatic rings. The molecule has 5 aromatic rings. The molecule has 40 heavy (non-hydrogen) atoms. The van der Waals surface area contributed by atoms with Crippen LogP contribution in [0.5, 0.6) is 0 Å². The van der Waals surface area contributed by atoms with Crippen molar-refractivity contribution in [3.8, 4) is 0 Å². The molecule has 1 fully saturated rings. The van der Waals surface area contributed by atoms with E-state index in [1.165, 1.54) is 35.0 Å². The molecule has 0 aliphatic carbocycles. The number of halogens is 1. The highest BCUT2D eigenvalue weighted by atomic mass is 19.1. The van der Waals surface area contributed by atoms with Crippen LogP contribution in [0.2, 0.25) is 0 Å². The fourth-order valence-electron chi connectivity index (χ4n) is 5.98. The summed E-state index contributed by atoms with van der Waals surface area (Å²) < 4.78 is 15.6. The molecule has 2 N–H and O–H groups in total. The summed E-state index contributed by atoms with van der Waals surface area (Å²) in [7, 11) is 0. The Hall–Kier alpha value is -4.00. The number of hydrogen-bond donors (Lipinski definition) is 2. The van der Waals surface area contributed by atoms with Crippen LogP contribution in [0.15, 0.2) is 103 Å². The number of aromatic nitrogens is 1. The fraction of sp³-hybridized carbons (Fsp3) is 0.265. The minimum atomic E-state index is -0.781. The van der Waals surface area contributed by atoms with Crippen molar-refractivity contribution in [1.82, 2.24) is 14.8 Å². The van der Waals surface area contributed by atoms with Gasteiger partial charge < -0.3 is 19.9 Å². The number of benzene rings is 4. The predicted molar refractivity (Wildman–Crippen MR) is 158 cm³/mol. The normalized spacial score (nSPS) is 16.2. The van der Waals surface area contributed by atoms with E-state index in [9.17, 15) is 14.3 Å². The Balaban J connectivity index is 1.11. The summed E-state index contributed by atoms with van der Waals surface area (Å²) in [5.74, 6) is -0.576. The lowest BCUT2D eigenvalue weighted by molar-refractivity contribution is -0.0329. The molecule has 4 aromatic carbocycles. The van der Waals surface area contributed by atoms with Gasteiger partial charge in [-0.25, -0.2) is 4.39 Å². The van der Waals surface area contributed by atoms with Gasteiger partial charge in [-0.2, -0.15) is 0 Å². The Bertz CT molecular complexity index is 1550. The van der Waals surface area contributed by atoms with Crippen molar-refractivity contribution in [3.05, 3.63) is 120 Å². The first-order valence-electron chi connectivity index (χ1n) is 14.0. The molecule has 0 bridgehead atoms. The third kappa shape index (κ3) is 5.51. The Morgan fingerprint density at radius 3 is 2.02 bits per heavy atom. The van der Waals surface area contributed by atoms with Crippen molar-refractivity contribution in [1.29, 1.82) is 0 Å². The molecule has 1 aromatic heterocycles. The lowest BCUT2D eigenvalue weighted by Crippen LogP contribution is -2.47. The van der Waals surface area contributed by atoms with E-state index < -0.39 is 5.60 Å². The monoisotopic (exact) mass is 535 g/mol. The summed E-state index contributed by atoms with van der Waals surface area (Å²) in [6.07, 6.45) is 2.11. The molecule has 0 spiro atoms. The van der Waals surface area contributed by atoms with E-state index in [2.05, 4.69) is 63.3 Å². The Labute approximate surface area is 233 Å². The lowest BCUT2D eigenvalue weighted by atomic mass is 9.90. The van der Waals surface area contributed by atoms with Gasteiger partial charge in [0, 0.05) is 47.0 Å². The van der Waals surface area contributed by atoms with Crippen LogP contribution in [-0.2, 0) is 6.54 Å². The van der Waals surface area contributed by atoms with E-state index >= 15 is 0 Å². The third-order valence-corrected chi connectivity index (χ3v) is 8.27. The Kier molecular flexibility index (Phi) is 7.37. The van der Waals surface area contributed by atoms with Gasteiger partial charge in [-0.1, -0.05) is 66.7 Å². The van der Waals surface area contributed by atoms with Gasteiger partial charge in [0.1, 0.15) is 5.82 Å². The van der Waals surface area contributed by atoms with Crippen LogP contribution >= 0.6 is 0 Å². The number of amides is 1. The topological polar surface area (TPSA) is 57.5 Å². The molecule has 1 saturated heterocycles. The molecule has 5 nitrogen and oxygen atoms in total. The second kappa shape index (κ2) is 11.2. The summed E-state index contributed by atoms with van der Waals surface area (Å²) in [4.78, 5) is 15.3. The molecule has 1 aliphatic heterocycles. The van der Waals surface area contributed by atoms with Crippen LogP contribution in [-0.4, -0.2) is 45.7 Å². The van der Waals surface area contributed by atoms with Crippen LogP contribution in [0.1, 0.15) is 41.2 Å². The van der Waals surface area contributed by atoms with Crippen LogP contribution in [0.25, 0.3) is 21.8 Å². The maximum absolute atomic E-state index is 13.3. The summed E-state index contributed by atoms with van der Waals surface area (Å²) in [6.45, 7) is 2.95. The number of nitrogens with one attached hydrogen (secondary N) is 1. The standard InChI is InChI=1S/C34H34FN3O2/c35-27-16-14-26(15-17-27)33(39)36-30(25-8-2-1-3-9-25)18-21-37-22-19-34(40,20-23-37)24-38-31-12-6-4-10-28(31)29-11-5-7-13-32(29)38/h1-17,30,40H,18-24H2,(H,36,39). The van der Waals surface area contributed by atoms with Crippen molar-refractivity contribution in [2.75, 3.05) is 19.6 Å². The molecule has 6 rings (SSSR count). The number of para-hydroxylation sites is 2. The van der Waals surface area contributed by atoms with Gasteiger partial charge in [-0.05, 0) is 61.2 Å². The molecular weight excluding hydrogens is 501 g/mol. The first-order chi connectivity index (χ1) is 19.5. The Morgan fingerprint density at radius 2 is 1.40 bits per heavy atom. The number of aliphatic hydroxyl groups is 1. The van der Waals surface area contributed by atoms with Gasteiger partial charge >= 0.3 is 0 Å². The quantitative estimate of drug-likeness (QED) is 0.244. The van der Waals surface area contributed by atoms with E-state index in [0.717, 1.165) is 42.7 Å². The average molecular weight is 536 g/mol. The highest BCUT2D eigenvalue weighted by Gasteiger charge is 2.33. The van der Waals surface area contributed by atoms with Crippen molar-refractivity contribution < 1.29 is 14.3 Å². The number of fused-ring (bicyclic) bond motifs is 3. The Morgan fingerprint density at radius 1 is 0.825 bits per heavy atom. The highest BCUT2D eigenvalue weighted by Crippen LogP contribution is 2.33. The van der Waals surface area contributed by atoms with Gasteiger partial charge in [0.25, 0.3) is 5.91 Å². The van der Waals surface area contributed by atoms with Crippen LogP contribution in [0, 0.1) is 5.82 Å². The van der Waals surface area contributed by atoms with Gasteiger partial charge in [-0.15, -0.1) is 0 Å². The number of carbonyl (C=O) groups excluding carboxylic acids is 1. The second-order valence-electron chi connectivity index (χ2n) is 10.9. The number of carbonyl (C=O) groups is 1. The van der Waals surface area contributed by atoms with E-state index in [1.54, 1.807) is 0 Å². The zero-order valence-corrected chi connectivity index (χ0v) is 22.5. The molecule has 0 saturated carbocycles. The summed E-state index contributed by atoms with van der Waals surface area (Å²) in [5.41, 5.74) is 3.01. The summed E-state index contributed by atoms with van der Waals surface area (Å²) in [6, 6.07) is 32.2. The van der Waals surface area contributed by atoms with Crippen molar-refractivity contribution in [3.63, 3.8) is 0 Å². The first-order valence-corrected chi connectivity index (χ1v) is 14.0. The number of nitrogens with zero attached hydrogens (tertiary/aromatic N) is 2. The smallest absolute Gasteiger partial charge is 0.251 e. The fourth-order valence-corrected chi connectivity index (χ4v) is 5.98. The van der Waals surface area contributed by atoms with Crippen molar-refractivity contribution >= 4 is 27.7 Å². The SMILES string of the molecule is O=C(NC(CCN1CCC(O)(Cn2c3ccccc3c3ccccc32)CC1)c1ccccc1)c1ccc(F)cc1. The second-order valence-corrected chi connectivity index (χ2v) is 10.9. The minimum absolute atomic E-state index is 0.169. The molecule has 0 radical (unpaired) electrons. The van der Waals surface area contributed by atoms with Gasteiger partial charge in [0.05, 0.1) is 18.2 Å². The summed E-state index contributed by atoms with van der Waals surface area (Å²) >= 11 is 0. The van der Waals surface area contributed by atoms with E-state index in [-0.39, 0.29) is 17.8 Å². The summed E-state index contributed by atoms with van der Waals surface area (Å²) in [5, 5.41) is 17.2. The number of hydrogen-bond acceptors (Lipinski definition) is 3. The van der Waals surface area contributed by atoms with E-state index in [0.29, 0.717) is 24.9 Å². The van der Waals surface area contributed by atoms with Crippen LogP contribution < -0.4 is 5.32 Å². The zero-order chi connectivity index (χ0) is 27.5. The van der Waals surface area contributed by atoms with Gasteiger partial charge in [-0.3, -0.25) is 4.79 Å². The maximum Gasteiger partial charge on any atom is 0.251 e. The number of rotatable bonds is 8.